The van der Waals surface area contributed by atoms with E-state index in [1.165, 1.54) is 6.42 Å². The van der Waals surface area contributed by atoms with E-state index in [0.29, 0.717) is 5.78 Å². The van der Waals surface area contributed by atoms with Gasteiger partial charge < -0.3 is 4.90 Å². The lowest BCUT2D eigenvalue weighted by molar-refractivity contribution is -0.132. The molecule has 0 saturated heterocycles. The second-order valence-electron chi connectivity index (χ2n) is 4.74. The molecule has 0 N–H and O–H groups in total. The lowest BCUT2D eigenvalue weighted by Gasteiger charge is -2.36. The first kappa shape index (κ1) is 10.7. The summed E-state index contributed by atoms with van der Waals surface area (Å²) in [4.78, 5) is 13.8. The third kappa shape index (κ3) is 2.80. The van der Waals surface area contributed by atoms with E-state index < -0.39 is 0 Å². The van der Waals surface area contributed by atoms with E-state index in [9.17, 15) is 4.79 Å². The standard InChI is InChI=1S/C11H21NO/c1-11(7-5-8-11)10(13)6-4-9-12(2)3/h4-9H2,1-3H3. The van der Waals surface area contributed by atoms with Crippen LogP contribution in [0.25, 0.3) is 0 Å². The Morgan fingerprint density at radius 1 is 1.38 bits per heavy atom. The van der Waals surface area contributed by atoms with E-state index in [4.69, 9.17) is 0 Å². The molecule has 0 aromatic rings. The molecule has 0 aliphatic heterocycles. The van der Waals surface area contributed by atoms with Crippen LogP contribution in [0.1, 0.15) is 39.0 Å². The average molecular weight is 183 g/mol. The second kappa shape index (κ2) is 4.23. The third-order valence-electron chi connectivity index (χ3n) is 3.14. The molecule has 0 spiro atoms. The van der Waals surface area contributed by atoms with E-state index in [-0.39, 0.29) is 5.41 Å². The molecule has 76 valence electrons. The fourth-order valence-electron chi connectivity index (χ4n) is 1.84. The van der Waals surface area contributed by atoms with Crippen molar-refractivity contribution in [3.8, 4) is 0 Å². The predicted molar refractivity (Wildman–Crippen MR) is 54.8 cm³/mol. The molecule has 1 fully saturated rings. The van der Waals surface area contributed by atoms with Crippen molar-refractivity contribution < 1.29 is 4.79 Å². The molecule has 1 aliphatic carbocycles. The van der Waals surface area contributed by atoms with Gasteiger partial charge in [0.05, 0.1) is 0 Å². The summed E-state index contributed by atoms with van der Waals surface area (Å²) in [5.74, 6) is 0.487. The van der Waals surface area contributed by atoms with Crippen LogP contribution in [0.3, 0.4) is 0 Å². The van der Waals surface area contributed by atoms with Crippen LogP contribution in [0, 0.1) is 5.41 Å². The van der Waals surface area contributed by atoms with Gasteiger partial charge in [-0.2, -0.15) is 0 Å². The lowest BCUT2D eigenvalue weighted by atomic mass is 9.67. The van der Waals surface area contributed by atoms with Crippen LogP contribution in [-0.4, -0.2) is 31.3 Å². The molecule has 13 heavy (non-hydrogen) atoms. The number of Topliss-reactive ketones (excluding diaryl/α,β-unsaturated/α-hetero) is 1. The quantitative estimate of drug-likeness (QED) is 0.650. The van der Waals surface area contributed by atoms with Crippen molar-refractivity contribution in [1.29, 1.82) is 0 Å². The summed E-state index contributed by atoms with van der Waals surface area (Å²) >= 11 is 0. The normalized spacial score (nSPS) is 20.0. The van der Waals surface area contributed by atoms with E-state index in [1.54, 1.807) is 0 Å². The van der Waals surface area contributed by atoms with E-state index in [0.717, 1.165) is 32.2 Å². The molecule has 0 unspecified atom stereocenters. The topological polar surface area (TPSA) is 20.3 Å². The van der Waals surface area contributed by atoms with Gasteiger partial charge in [0, 0.05) is 11.8 Å². The minimum absolute atomic E-state index is 0.0618. The Bertz CT molecular complexity index is 183. The van der Waals surface area contributed by atoms with Crippen molar-refractivity contribution in [2.24, 2.45) is 5.41 Å². The molecule has 0 aromatic heterocycles. The average Bonchev–Trinajstić information content (AvgIpc) is 1.99. The van der Waals surface area contributed by atoms with Crippen molar-refractivity contribution in [3.63, 3.8) is 0 Å². The number of rotatable bonds is 5. The van der Waals surface area contributed by atoms with E-state index in [2.05, 4.69) is 25.9 Å². The monoisotopic (exact) mass is 183 g/mol. The molecular weight excluding hydrogens is 162 g/mol. The van der Waals surface area contributed by atoms with Crippen LogP contribution in [-0.2, 0) is 4.79 Å². The maximum absolute atomic E-state index is 11.7. The van der Waals surface area contributed by atoms with Gasteiger partial charge in [-0.3, -0.25) is 4.79 Å². The Morgan fingerprint density at radius 2 is 2.00 bits per heavy atom. The highest BCUT2D eigenvalue weighted by Gasteiger charge is 2.37. The highest BCUT2D eigenvalue weighted by atomic mass is 16.1. The van der Waals surface area contributed by atoms with Gasteiger partial charge in [0.1, 0.15) is 5.78 Å². The number of hydrogen-bond acceptors (Lipinski definition) is 2. The van der Waals surface area contributed by atoms with Gasteiger partial charge in [-0.25, -0.2) is 0 Å². The van der Waals surface area contributed by atoms with Crippen molar-refractivity contribution in [2.75, 3.05) is 20.6 Å². The van der Waals surface area contributed by atoms with Crippen LogP contribution in [0.5, 0.6) is 0 Å². The maximum atomic E-state index is 11.7. The summed E-state index contributed by atoms with van der Waals surface area (Å²) in [5, 5.41) is 0. The molecule has 2 nitrogen and oxygen atoms in total. The summed E-state index contributed by atoms with van der Waals surface area (Å²) in [5.41, 5.74) is 0.0618. The van der Waals surface area contributed by atoms with Crippen molar-refractivity contribution >= 4 is 5.78 Å². The molecule has 0 atom stereocenters. The number of ketones is 1. The van der Waals surface area contributed by atoms with Crippen molar-refractivity contribution in [3.05, 3.63) is 0 Å². The molecule has 0 amide bonds. The first-order valence-electron chi connectivity index (χ1n) is 5.23. The summed E-state index contributed by atoms with van der Waals surface area (Å²) in [6, 6.07) is 0. The maximum Gasteiger partial charge on any atom is 0.138 e. The zero-order valence-electron chi connectivity index (χ0n) is 9.10. The Morgan fingerprint density at radius 3 is 2.38 bits per heavy atom. The summed E-state index contributed by atoms with van der Waals surface area (Å²) < 4.78 is 0. The van der Waals surface area contributed by atoms with Crippen LogP contribution in [0.4, 0.5) is 0 Å². The Kier molecular flexibility index (Phi) is 3.48. The molecule has 0 radical (unpaired) electrons. The number of nitrogens with zero attached hydrogens (tertiary/aromatic N) is 1. The van der Waals surface area contributed by atoms with Gasteiger partial charge >= 0.3 is 0 Å². The number of carbonyl (C=O) groups excluding carboxylic acids is 1. The number of carbonyl (C=O) groups is 1. The predicted octanol–water partition coefficient (Wildman–Crippen LogP) is 2.09. The summed E-state index contributed by atoms with van der Waals surface area (Å²) in [7, 11) is 4.10. The smallest absolute Gasteiger partial charge is 0.138 e. The van der Waals surface area contributed by atoms with Crippen LogP contribution in [0.2, 0.25) is 0 Å². The van der Waals surface area contributed by atoms with Gasteiger partial charge in [0.2, 0.25) is 0 Å². The fraction of sp³-hybridized carbons (Fsp3) is 0.909. The third-order valence-corrected chi connectivity index (χ3v) is 3.14. The molecule has 0 heterocycles. The van der Waals surface area contributed by atoms with E-state index >= 15 is 0 Å². The van der Waals surface area contributed by atoms with Gasteiger partial charge in [-0.15, -0.1) is 0 Å². The molecule has 0 bridgehead atoms. The Hall–Kier alpha value is -0.370. The number of hydrogen-bond donors (Lipinski definition) is 0. The molecule has 1 saturated carbocycles. The largest absolute Gasteiger partial charge is 0.309 e. The Balaban J connectivity index is 2.18. The minimum Gasteiger partial charge on any atom is -0.309 e. The molecule has 0 aromatic carbocycles. The fourth-order valence-corrected chi connectivity index (χ4v) is 1.84. The summed E-state index contributed by atoms with van der Waals surface area (Å²) in [6.07, 6.45) is 5.27. The second-order valence-corrected chi connectivity index (χ2v) is 4.74. The molecule has 2 heteroatoms. The Labute approximate surface area is 81.3 Å². The molecule has 1 rings (SSSR count). The zero-order valence-corrected chi connectivity index (χ0v) is 9.10. The van der Waals surface area contributed by atoms with Crippen LogP contribution < -0.4 is 0 Å². The van der Waals surface area contributed by atoms with Crippen molar-refractivity contribution in [2.45, 2.75) is 39.0 Å². The van der Waals surface area contributed by atoms with Gasteiger partial charge in [-0.05, 0) is 39.9 Å². The van der Waals surface area contributed by atoms with Crippen LogP contribution >= 0.6 is 0 Å². The van der Waals surface area contributed by atoms with Gasteiger partial charge in [0.15, 0.2) is 0 Å². The highest BCUT2D eigenvalue weighted by Crippen LogP contribution is 2.41. The lowest BCUT2D eigenvalue weighted by Crippen LogP contribution is -2.35. The van der Waals surface area contributed by atoms with Gasteiger partial charge in [0.25, 0.3) is 0 Å². The SMILES string of the molecule is CN(C)CCCC(=O)C1(C)CCC1. The first-order chi connectivity index (χ1) is 6.04. The van der Waals surface area contributed by atoms with Gasteiger partial charge in [-0.1, -0.05) is 13.3 Å². The molecular formula is C11H21NO. The highest BCUT2D eigenvalue weighted by molar-refractivity contribution is 5.85. The van der Waals surface area contributed by atoms with E-state index in [1.807, 2.05) is 0 Å². The minimum atomic E-state index is 0.0618. The van der Waals surface area contributed by atoms with Crippen molar-refractivity contribution in [1.82, 2.24) is 4.90 Å². The zero-order chi connectivity index (χ0) is 9.90. The van der Waals surface area contributed by atoms with Crippen LogP contribution in [0.15, 0.2) is 0 Å². The molecule has 1 aliphatic rings. The summed E-state index contributed by atoms with van der Waals surface area (Å²) in [6.45, 7) is 3.15. The first-order valence-corrected chi connectivity index (χ1v) is 5.23.